The van der Waals surface area contributed by atoms with Crippen LogP contribution in [0.5, 0.6) is 0 Å². The number of nitrogens with zero attached hydrogens (tertiary/aromatic N) is 3. The van der Waals surface area contributed by atoms with Gasteiger partial charge >= 0.3 is 0 Å². The zero-order valence-electron chi connectivity index (χ0n) is 16.6. The number of rotatable bonds is 6. The van der Waals surface area contributed by atoms with Gasteiger partial charge in [0.25, 0.3) is 0 Å². The van der Waals surface area contributed by atoms with Crippen molar-refractivity contribution < 1.29 is 0 Å². The SMILES string of the molecule is CCCN1CCC(NC(=NC)NCc2ccc(N(C)C)cc2C)CC1. The Balaban J connectivity index is 1.83. The molecular formula is C20H35N5. The molecule has 5 nitrogen and oxygen atoms in total. The van der Waals surface area contributed by atoms with Crippen molar-refractivity contribution in [1.29, 1.82) is 0 Å². The zero-order valence-corrected chi connectivity index (χ0v) is 16.6. The van der Waals surface area contributed by atoms with Crippen LogP contribution >= 0.6 is 0 Å². The Morgan fingerprint density at radius 2 is 2.00 bits per heavy atom. The lowest BCUT2D eigenvalue weighted by Gasteiger charge is -2.32. The first-order chi connectivity index (χ1) is 12.0. The molecule has 1 saturated heterocycles. The highest BCUT2D eigenvalue weighted by atomic mass is 15.2. The predicted octanol–water partition coefficient (Wildman–Crippen LogP) is 2.60. The first-order valence-corrected chi connectivity index (χ1v) is 9.49. The zero-order chi connectivity index (χ0) is 18.2. The quantitative estimate of drug-likeness (QED) is 0.614. The Bertz CT molecular complexity index is 559. The Hall–Kier alpha value is -1.75. The van der Waals surface area contributed by atoms with Gasteiger partial charge in [0.15, 0.2) is 5.96 Å². The molecule has 1 aliphatic heterocycles. The summed E-state index contributed by atoms with van der Waals surface area (Å²) in [5, 5.41) is 7.06. The maximum Gasteiger partial charge on any atom is 0.191 e. The molecule has 0 radical (unpaired) electrons. The number of likely N-dealkylation sites (tertiary alicyclic amines) is 1. The molecule has 140 valence electrons. The molecule has 0 spiro atoms. The molecule has 0 saturated carbocycles. The maximum absolute atomic E-state index is 4.40. The summed E-state index contributed by atoms with van der Waals surface area (Å²) in [6.45, 7) is 8.82. The Morgan fingerprint density at radius 1 is 1.28 bits per heavy atom. The van der Waals surface area contributed by atoms with Gasteiger partial charge in [-0.15, -0.1) is 0 Å². The van der Waals surface area contributed by atoms with E-state index in [4.69, 9.17) is 0 Å². The molecule has 25 heavy (non-hydrogen) atoms. The summed E-state index contributed by atoms with van der Waals surface area (Å²) in [4.78, 5) is 9.09. The fourth-order valence-electron chi connectivity index (χ4n) is 3.34. The van der Waals surface area contributed by atoms with Crippen molar-refractivity contribution in [3.63, 3.8) is 0 Å². The molecule has 1 fully saturated rings. The number of aryl methyl sites for hydroxylation is 1. The lowest BCUT2D eigenvalue weighted by atomic mass is 10.1. The Labute approximate surface area is 153 Å². The van der Waals surface area contributed by atoms with Gasteiger partial charge in [-0.1, -0.05) is 13.0 Å². The predicted molar refractivity (Wildman–Crippen MR) is 109 cm³/mol. The fourth-order valence-corrected chi connectivity index (χ4v) is 3.34. The van der Waals surface area contributed by atoms with Crippen molar-refractivity contribution >= 4 is 11.6 Å². The minimum Gasteiger partial charge on any atom is -0.378 e. The fraction of sp³-hybridized carbons (Fsp3) is 0.650. The van der Waals surface area contributed by atoms with Crippen LogP contribution in [0.1, 0.15) is 37.3 Å². The van der Waals surface area contributed by atoms with E-state index >= 15 is 0 Å². The highest BCUT2D eigenvalue weighted by molar-refractivity contribution is 5.80. The summed E-state index contributed by atoms with van der Waals surface area (Å²) in [6, 6.07) is 7.13. The molecule has 2 N–H and O–H groups in total. The number of guanidine groups is 1. The molecule has 2 rings (SSSR count). The largest absolute Gasteiger partial charge is 0.378 e. The van der Waals surface area contributed by atoms with Crippen LogP contribution in [-0.2, 0) is 6.54 Å². The molecule has 0 amide bonds. The normalized spacial score (nSPS) is 16.8. The van der Waals surface area contributed by atoms with E-state index in [0.717, 1.165) is 12.5 Å². The minimum atomic E-state index is 0.525. The van der Waals surface area contributed by atoms with E-state index in [-0.39, 0.29) is 0 Å². The van der Waals surface area contributed by atoms with E-state index in [2.05, 4.69) is 71.6 Å². The van der Waals surface area contributed by atoms with Gasteiger partial charge in [-0.05, 0) is 56.0 Å². The summed E-state index contributed by atoms with van der Waals surface area (Å²) < 4.78 is 0. The summed E-state index contributed by atoms with van der Waals surface area (Å²) >= 11 is 0. The van der Waals surface area contributed by atoms with Crippen LogP contribution in [0.2, 0.25) is 0 Å². The summed E-state index contributed by atoms with van der Waals surface area (Å²) in [7, 11) is 6.00. The van der Waals surface area contributed by atoms with Crippen LogP contribution in [0, 0.1) is 6.92 Å². The third kappa shape index (κ3) is 5.92. The van der Waals surface area contributed by atoms with Gasteiger partial charge in [-0.25, -0.2) is 0 Å². The number of benzene rings is 1. The number of hydrogen-bond acceptors (Lipinski definition) is 3. The highest BCUT2D eigenvalue weighted by Crippen LogP contribution is 2.17. The van der Waals surface area contributed by atoms with Crippen LogP contribution < -0.4 is 15.5 Å². The van der Waals surface area contributed by atoms with Crippen LogP contribution in [0.4, 0.5) is 5.69 Å². The van der Waals surface area contributed by atoms with Gasteiger partial charge < -0.3 is 20.4 Å². The van der Waals surface area contributed by atoms with E-state index in [1.807, 2.05) is 7.05 Å². The van der Waals surface area contributed by atoms with E-state index in [9.17, 15) is 0 Å². The van der Waals surface area contributed by atoms with Crippen molar-refractivity contribution in [1.82, 2.24) is 15.5 Å². The number of aliphatic imine (C=N–C) groups is 1. The first-order valence-electron chi connectivity index (χ1n) is 9.49. The summed E-state index contributed by atoms with van der Waals surface area (Å²) in [5.74, 6) is 0.907. The molecule has 0 bridgehead atoms. The monoisotopic (exact) mass is 345 g/mol. The summed E-state index contributed by atoms with van der Waals surface area (Å²) in [5.41, 5.74) is 3.86. The van der Waals surface area contributed by atoms with Gasteiger partial charge in [0.1, 0.15) is 0 Å². The van der Waals surface area contributed by atoms with E-state index in [0.29, 0.717) is 6.04 Å². The standard InChI is InChI=1S/C20H35N5/c1-6-11-25-12-9-18(10-13-25)23-20(21-3)22-15-17-7-8-19(24(4)5)14-16(17)2/h7-8,14,18H,6,9-13,15H2,1-5H3,(H2,21,22,23). The molecule has 1 heterocycles. The van der Waals surface area contributed by atoms with Crippen LogP contribution in [0.3, 0.4) is 0 Å². The number of anilines is 1. The van der Waals surface area contributed by atoms with E-state index < -0.39 is 0 Å². The van der Waals surface area contributed by atoms with Crippen molar-refractivity contribution in [2.24, 2.45) is 4.99 Å². The van der Waals surface area contributed by atoms with Crippen LogP contribution in [-0.4, -0.2) is 57.7 Å². The molecule has 1 aliphatic rings. The molecule has 5 heteroatoms. The Kier molecular flexibility index (Phi) is 7.56. The van der Waals surface area contributed by atoms with Gasteiger partial charge in [-0.3, -0.25) is 4.99 Å². The number of piperidine rings is 1. The number of hydrogen-bond donors (Lipinski definition) is 2. The smallest absolute Gasteiger partial charge is 0.191 e. The van der Waals surface area contributed by atoms with Gasteiger partial charge in [0.2, 0.25) is 0 Å². The third-order valence-corrected chi connectivity index (χ3v) is 4.98. The molecule has 1 aromatic rings. The van der Waals surface area contributed by atoms with Crippen molar-refractivity contribution in [2.45, 2.75) is 45.7 Å². The average molecular weight is 346 g/mol. The van der Waals surface area contributed by atoms with E-state index in [1.54, 1.807) is 0 Å². The second-order valence-corrected chi connectivity index (χ2v) is 7.19. The summed E-state index contributed by atoms with van der Waals surface area (Å²) in [6.07, 6.45) is 3.63. The van der Waals surface area contributed by atoms with Crippen molar-refractivity contribution in [3.8, 4) is 0 Å². The molecular weight excluding hydrogens is 310 g/mol. The first kappa shape index (κ1) is 19.6. The average Bonchev–Trinajstić information content (AvgIpc) is 2.61. The van der Waals surface area contributed by atoms with Gasteiger partial charge in [0.05, 0.1) is 0 Å². The van der Waals surface area contributed by atoms with Gasteiger partial charge in [-0.2, -0.15) is 0 Å². The van der Waals surface area contributed by atoms with Gasteiger partial charge in [0, 0.05) is 52.5 Å². The minimum absolute atomic E-state index is 0.525. The topological polar surface area (TPSA) is 42.9 Å². The number of nitrogens with one attached hydrogen (secondary N) is 2. The third-order valence-electron chi connectivity index (χ3n) is 4.98. The Morgan fingerprint density at radius 3 is 2.56 bits per heavy atom. The second kappa shape index (κ2) is 9.66. The van der Waals surface area contributed by atoms with E-state index in [1.165, 1.54) is 55.7 Å². The van der Waals surface area contributed by atoms with Crippen molar-refractivity contribution in [3.05, 3.63) is 29.3 Å². The highest BCUT2D eigenvalue weighted by Gasteiger charge is 2.19. The van der Waals surface area contributed by atoms with Crippen molar-refractivity contribution in [2.75, 3.05) is 45.7 Å². The molecule has 0 aromatic heterocycles. The lowest BCUT2D eigenvalue weighted by molar-refractivity contribution is 0.206. The molecule has 1 aromatic carbocycles. The molecule has 0 atom stereocenters. The second-order valence-electron chi connectivity index (χ2n) is 7.19. The van der Waals surface area contributed by atoms with Crippen LogP contribution in [0.15, 0.2) is 23.2 Å². The lowest BCUT2D eigenvalue weighted by Crippen LogP contribution is -2.48. The van der Waals surface area contributed by atoms with Crippen LogP contribution in [0.25, 0.3) is 0 Å². The molecule has 0 unspecified atom stereocenters. The molecule has 0 aliphatic carbocycles. The maximum atomic E-state index is 4.40.